The van der Waals surface area contributed by atoms with Gasteiger partial charge in [-0.05, 0) is 93.2 Å². The highest BCUT2D eigenvalue weighted by Gasteiger charge is 2.21. The second-order valence-corrected chi connectivity index (χ2v) is 16.2. The van der Waals surface area contributed by atoms with Gasteiger partial charge in [-0.25, -0.2) is 0 Å². The first-order valence-corrected chi connectivity index (χ1v) is 21.1. The first kappa shape index (κ1) is 34.5. The Hall–Kier alpha value is -8.34. The Morgan fingerprint density at radius 3 is 1.29 bits per heavy atom. The number of hydrogen-bond acceptors (Lipinski definition) is 2. The maximum atomic E-state index is 5.07. The van der Waals surface area contributed by atoms with E-state index >= 15 is 0 Å². The summed E-state index contributed by atoms with van der Waals surface area (Å²) in [6.07, 6.45) is 3.65. The number of para-hydroxylation sites is 3. The van der Waals surface area contributed by atoms with Crippen LogP contribution in [-0.2, 0) is 0 Å². The van der Waals surface area contributed by atoms with Crippen LogP contribution in [0.15, 0.2) is 219 Å². The minimum Gasteiger partial charge on any atom is -0.309 e. The standard InChI is InChI=1S/C58H36N4/c1-3-13-37(14-4-1)38-23-25-39(26-24-38)40-27-29-42(30-28-40)61-53-21-11-8-18-44(53)48-33-46-47-34-49-45-19-9-12-22-54(45)62(52-20-10-7-17-43(52)41-15-5-2-6-16-41)56(49)36-51(47)58-57(59-31-32-60-58)50(46)35-55(48)61/h1-36H. The Morgan fingerprint density at radius 2 is 0.710 bits per heavy atom. The summed E-state index contributed by atoms with van der Waals surface area (Å²) in [7, 11) is 0. The molecule has 0 spiro atoms. The maximum Gasteiger partial charge on any atom is 0.0972 e. The van der Waals surface area contributed by atoms with Gasteiger partial charge in [0, 0.05) is 56.0 Å². The number of aromatic nitrogens is 4. The molecule has 0 aliphatic heterocycles. The predicted octanol–water partition coefficient (Wildman–Crippen LogP) is 15.1. The molecule has 0 aliphatic rings. The summed E-state index contributed by atoms with van der Waals surface area (Å²) in [6, 6.07) is 74.8. The van der Waals surface area contributed by atoms with Crippen LogP contribution in [0.5, 0.6) is 0 Å². The minimum absolute atomic E-state index is 0.898. The van der Waals surface area contributed by atoms with E-state index in [9.17, 15) is 0 Å². The normalized spacial score (nSPS) is 11.9. The lowest BCUT2D eigenvalue weighted by molar-refractivity contribution is 1.18. The average molecular weight is 789 g/mol. The summed E-state index contributed by atoms with van der Waals surface area (Å²) < 4.78 is 4.83. The molecule has 62 heavy (non-hydrogen) atoms. The molecule has 3 aromatic heterocycles. The van der Waals surface area contributed by atoms with Gasteiger partial charge in [0.1, 0.15) is 0 Å². The van der Waals surface area contributed by atoms with Crippen molar-refractivity contribution in [2.75, 3.05) is 0 Å². The molecule has 0 N–H and O–H groups in total. The van der Waals surface area contributed by atoms with Gasteiger partial charge in [-0.3, -0.25) is 9.97 Å². The predicted molar refractivity (Wildman–Crippen MR) is 260 cm³/mol. The zero-order valence-corrected chi connectivity index (χ0v) is 33.6. The second kappa shape index (κ2) is 13.6. The van der Waals surface area contributed by atoms with Crippen LogP contribution in [0.2, 0.25) is 0 Å². The van der Waals surface area contributed by atoms with Gasteiger partial charge < -0.3 is 9.13 Å². The van der Waals surface area contributed by atoms with Crippen molar-refractivity contribution >= 4 is 76.2 Å². The topological polar surface area (TPSA) is 35.6 Å². The lowest BCUT2D eigenvalue weighted by Gasteiger charge is -2.15. The summed E-state index contributed by atoms with van der Waals surface area (Å²) in [6.45, 7) is 0. The molecule has 13 rings (SSSR count). The van der Waals surface area contributed by atoms with Crippen LogP contribution in [0, 0.1) is 0 Å². The fourth-order valence-corrected chi connectivity index (χ4v) is 9.96. The van der Waals surface area contributed by atoms with Crippen molar-refractivity contribution in [3.8, 4) is 44.8 Å². The Labute approximate surface area is 357 Å². The van der Waals surface area contributed by atoms with E-state index in [0.717, 1.165) is 44.2 Å². The smallest absolute Gasteiger partial charge is 0.0972 e. The summed E-state index contributed by atoms with van der Waals surface area (Å²) in [4.78, 5) is 10.1. The third-order valence-corrected chi connectivity index (χ3v) is 12.8. The van der Waals surface area contributed by atoms with Gasteiger partial charge in [-0.2, -0.15) is 0 Å². The van der Waals surface area contributed by atoms with E-state index in [0.29, 0.717) is 0 Å². The van der Waals surface area contributed by atoms with Crippen molar-refractivity contribution < 1.29 is 0 Å². The van der Waals surface area contributed by atoms with Crippen LogP contribution in [0.3, 0.4) is 0 Å². The zero-order valence-electron chi connectivity index (χ0n) is 33.6. The Kier molecular flexibility index (Phi) is 7.57. The molecule has 0 atom stereocenters. The molecule has 0 radical (unpaired) electrons. The van der Waals surface area contributed by atoms with Crippen LogP contribution >= 0.6 is 0 Å². The Balaban J connectivity index is 1.03. The highest BCUT2D eigenvalue weighted by molar-refractivity contribution is 6.30. The van der Waals surface area contributed by atoms with Gasteiger partial charge in [0.15, 0.2) is 0 Å². The van der Waals surface area contributed by atoms with Crippen molar-refractivity contribution in [1.29, 1.82) is 0 Å². The summed E-state index contributed by atoms with van der Waals surface area (Å²) in [5.41, 5.74) is 15.9. The molecule has 0 aliphatic carbocycles. The van der Waals surface area contributed by atoms with Crippen LogP contribution in [0.25, 0.3) is 121 Å². The molecule has 13 aromatic rings. The number of rotatable bonds is 5. The summed E-state index contributed by atoms with van der Waals surface area (Å²) in [5, 5.41) is 9.35. The lowest BCUT2D eigenvalue weighted by Crippen LogP contribution is -1.97. The van der Waals surface area contributed by atoms with Gasteiger partial charge in [-0.1, -0.05) is 152 Å². The zero-order chi connectivity index (χ0) is 40.7. The number of benzene rings is 10. The van der Waals surface area contributed by atoms with Gasteiger partial charge >= 0.3 is 0 Å². The third-order valence-electron chi connectivity index (χ3n) is 12.8. The molecular weight excluding hydrogens is 753 g/mol. The second-order valence-electron chi connectivity index (χ2n) is 16.2. The first-order valence-electron chi connectivity index (χ1n) is 21.1. The molecule has 0 saturated heterocycles. The molecular formula is C58H36N4. The highest BCUT2D eigenvalue weighted by atomic mass is 15.0. The first-order chi connectivity index (χ1) is 30.8. The molecule has 0 bridgehead atoms. The van der Waals surface area contributed by atoms with E-state index in [-0.39, 0.29) is 0 Å². The van der Waals surface area contributed by atoms with Crippen LogP contribution in [-0.4, -0.2) is 19.1 Å². The van der Waals surface area contributed by atoms with E-state index in [2.05, 4.69) is 215 Å². The van der Waals surface area contributed by atoms with Gasteiger partial charge in [0.05, 0.1) is 38.8 Å². The fourth-order valence-electron chi connectivity index (χ4n) is 9.96. The number of nitrogens with zero attached hydrogens (tertiary/aromatic N) is 4. The van der Waals surface area contributed by atoms with Gasteiger partial charge in [0.2, 0.25) is 0 Å². The maximum absolute atomic E-state index is 5.07. The molecule has 0 fully saturated rings. The van der Waals surface area contributed by atoms with Crippen molar-refractivity contribution in [2.24, 2.45) is 0 Å². The van der Waals surface area contributed by atoms with E-state index in [1.54, 1.807) is 0 Å². The fraction of sp³-hybridized carbons (Fsp3) is 0. The molecule has 3 heterocycles. The van der Waals surface area contributed by atoms with E-state index < -0.39 is 0 Å². The van der Waals surface area contributed by atoms with Crippen LogP contribution in [0.1, 0.15) is 0 Å². The summed E-state index contributed by atoms with van der Waals surface area (Å²) in [5.74, 6) is 0. The molecule has 0 saturated carbocycles. The van der Waals surface area contributed by atoms with Crippen molar-refractivity contribution in [3.63, 3.8) is 0 Å². The Morgan fingerprint density at radius 1 is 0.274 bits per heavy atom. The number of hydrogen-bond donors (Lipinski definition) is 0. The highest BCUT2D eigenvalue weighted by Crippen LogP contribution is 2.44. The van der Waals surface area contributed by atoms with E-state index in [1.165, 1.54) is 76.7 Å². The van der Waals surface area contributed by atoms with Gasteiger partial charge in [0.25, 0.3) is 0 Å². The molecule has 0 amide bonds. The lowest BCUT2D eigenvalue weighted by atomic mass is 9.96. The van der Waals surface area contributed by atoms with Crippen molar-refractivity contribution in [1.82, 2.24) is 19.1 Å². The van der Waals surface area contributed by atoms with Crippen molar-refractivity contribution in [3.05, 3.63) is 219 Å². The molecule has 4 heteroatoms. The number of fused-ring (bicyclic) bond motifs is 12. The van der Waals surface area contributed by atoms with Gasteiger partial charge in [-0.15, -0.1) is 0 Å². The third kappa shape index (κ3) is 5.20. The quantitative estimate of drug-likeness (QED) is 0.163. The SMILES string of the molecule is c1ccc(-c2ccc(-c3ccc(-n4c5ccccc5c5cc6c7cc8c9ccccc9n(-c9ccccc9-c9ccccc9)c8cc7c7nccnc7c6cc54)cc3)cc2)cc1. The molecule has 4 nitrogen and oxygen atoms in total. The van der Waals surface area contributed by atoms with E-state index in [4.69, 9.17) is 9.97 Å². The van der Waals surface area contributed by atoms with Crippen molar-refractivity contribution in [2.45, 2.75) is 0 Å². The Bertz CT molecular complexity index is 3880. The summed E-state index contributed by atoms with van der Waals surface area (Å²) >= 11 is 0. The average Bonchev–Trinajstić information content (AvgIpc) is 3.85. The minimum atomic E-state index is 0.898. The molecule has 10 aromatic carbocycles. The largest absolute Gasteiger partial charge is 0.309 e. The molecule has 288 valence electrons. The molecule has 0 unspecified atom stereocenters. The monoisotopic (exact) mass is 788 g/mol. The van der Waals surface area contributed by atoms with Crippen LogP contribution < -0.4 is 0 Å². The van der Waals surface area contributed by atoms with E-state index in [1.807, 2.05) is 12.4 Å². The van der Waals surface area contributed by atoms with Crippen LogP contribution in [0.4, 0.5) is 0 Å².